The van der Waals surface area contributed by atoms with Gasteiger partial charge in [0.1, 0.15) is 0 Å². The normalized spacial score (nSPS) is 13.7. The summed E-state index contributed by atoms with van der Waals surface area (Å²) in [5, 5.41) is 3.60. The second kappa shape index (κ2) is 10.4. The summed E-state index contributed by atoms with van der Waals surface area (Å²) in [5.41, 5.74) is 0. The number of hydrogen-bond acceptors (Lipinski definition) is 3. The Morgan fingerprint density at radius 2 is 1.81 bits per heavy atom. The summed E-state index contributed by atoms with van der Waals surface area (Å²) < 4.78 is 0. The van der Waals surface area contributed by atoms with Crippen LogP contribution in [0.1, 0.15) is 33.1 Å². The number of nitrogens with zero attached hydrogens (tertiary/aromatic N) is 1. The van der Waals surface area contributed by atoms with Gasteiger partial charge in [-0.2, -0.15) is 11.8 Å². The molecule has 98 valence electrons. The molecule has 0 aromatic heterocycles. The fourth-order valence-corrected chi connectivity index (χ4v) is 2.63. The zero-order valence-corrected chi connectivity index (χ0v) is 12.6. The maximum absolute atomic E-state index is 3.60. The Morgan fingerprint density at radius 3 is 2.25 bits per heavy atom. The molecule has 0 heterocycles. The topological polar surface area (TPSA) is 15.3 Å². The molecule has 1 atom stereocenters. The van der Waals surface area contributed by atoms with Crippen LogP contribution in [-0.2, 0) is 0 Å². The smallest absolute Gasteiger partial charge is 0.0242 e. The fraction of sp³-hybridized carbons (Fsp3) is 1.00. The lowest BCUT2D eigenvalue weighted by molar-refractivity contribution is 0.194. The number of hydrogen-bond donors (Lipinski definition) is 1. The van der Waals surface area contributed by atoms with E-state index in [9.17, 15) is 0 Å². The van der Waals surface area contributed by atoms with E-state index in [2.05, 4.69) is 44.4 Å². The van der Waals surface area contributed by atoms with Gasteiger partial charge in [0, 0.05) is 12.6 Å². The quantitative estimate of drug-likeness (QED) is 0.597. The molecule has 0 saturated carbocycles. The third-order valence-electron chi connectivity index (χ3n) is 3.31. The van der Waals surface area contributed by atoms with Crippen LogP contribution in [0.5, 0.6) is 0 Å². The molecule has 1 unspecified atom stereocenters. The summed E-state index contributed by atoms with van der Waals surface area (Å²) in [6.45, 7) is 6.90. The lowest BCUT2D eigenvalue weighted by Crippen LogP contribution is -2.43. The number of rotatable bonds is 10. The molecule has 0 amide bonds. The van der Waals surface area contributed by atoms with Crippen molar-refractivity contribution in [3.05, 3.63) is 0 Å². The second-order valence-corrected chi connectivity index (χ2v) is 5.64. The molecular formula is C13H30N2S. The van der Waals surface area contributed by atoms with Gasteiger partial charge in [-0.1, -0.05) is 26.7 Å². The Hall–Kier alpha value is 0.270. The van der Waals surface area contributed by atoms with Gasteiger partial charge in [-0.3, -0.25) is 0 Å². The molecule has 0 bridgehead atoms. The van der Waals surface area contributed by atoms with Crippen molar-refractivity contribution < 1.29 is 0 Å². The predicted molar refractivity (Wildman–Crippen MR) is 77.4 cm³/mol. The van der Waals surface area contributed by atoms with E-state index >= 15 is 0 Å². The van der Waals surface area contributed by atoms with Crippen LogP contribution >= 0.6 is 11.8 Å². The SMILES string of the molecule is CCC(CC)C(CNCCCSC)N(C)C. The van der Waals surface area contributed by atoms with Gasteiger partial charge in [0.05, 0.1) is 0 Å². The molecule has 0 aliphatic heterocycles. The molecular weight excluding hydrogens is 216 g/mol. The van der Waals surface area contributed by atoms with E-state index in [4.69, 9.17) is 0 Å². The van der Waals surface area contributed by atoms with Crippen LogP contribution in [0.2, 0.25) is 0 Å². The van der Waals surface area contributed by atoms with Crippen LogP contribution in [0.25, 0.3) is 0 Å². The Kier molecular flexibility index (Phi) is 10.6. The lowest BCUT2D eigenvalue weighted by atomic mass is 9.93. The molecule has 1 N–H and O–H groups in total. The highest BCUT2D eigenvalue weighted by molar-refractivity contribution is 7.98. The largest absolute Gasteiger partial charge is 0.315 e. The minimum Gasteiger partial charge on any atom is -0.315 e. The first-order valence-electron chi connectivity index (χ1n) is 6.53. The molecule has 16 heavy (non-hydrogen) atoms. The van der Waals surface area contributed by atoms with E-state index in [0.29, 0.717) is 6.04 Å². The van der Waals surface area contributed by atoms with Crippen molar-refractivity contribution in [1.29, 1.82) is 0 Å². The Morgan fingerprint density at radius 1 is 1.19 bits per heavy atom. The standard InChI is InChI=1S/C13H30N2S/c1-6-12(7-2)13(15(3)4)11-14-9-8-10-16-5/h12-14H,6-11H2,1-5H3. The Bertz CT molecular complexity index is 147. The third-order valence-corrected chi connectivity index (χ3v) is 4.01. The molecule has 0 spiro atoms. The van der Waals surface area contributed by atoms with E-state index in [0.717, 1.165) is 19.0 Å². The van der Waals surface area contributed by atoms with E-state index in [-0.39, 0.29) is 0 Å². The molecule has 0 aromatic rings. The van der Waals surface area contributed by atoms with E-state index in [1.807, 2.05) is 11.8 Å². The van der Waals surface area contributed by atoms with Crippen molar-refractivity contribution in [2.45, 2.75) is 39.2 Å². The van der Waals surface area contributed by atoms with Crippen molar-refractivity contribution >= 4 is 11.8 Å². The average molecular weight is 246 g/mol. The highest BCUT2D eigenvalue weighted by Crippen LogP contribution is 2.16. The average Bonchev–Trinajstić information content (AvgIpc) is 2.27. The summed E-state index contributed by atoms with van der Waals surface area (Å²) in [4.78, 5) is 2.37. The van der Waals surface area contributed by atoms with E-state index in [1.165, 1.54) is 25.0 Å². The minimum atomic E-state index is 0.685. The second-order valence-electron chi connectivity index (χ2n) is 4.66. The number of thioether (sulfide) groups is 1. The van der Waals surface area contributed by atoms with Gasteiger partial charge in [-0.05, 0) is 45.0 Å². The van der Waals surface area contributed by atoms with Gasteiger partial charge in [-0.25, -0.2) is 0 Å². The van der Waals surface area contributed by atoms with Gasteiger partial charge >= 0.3 is 0 Å². The fourth-order valence-electron chi connectivity index (χ4n) is 2.20. The van der Waals surface area contributed by atoms with Gasteiger partial charge in [-0.15, -0.1) is 0 Å². The molecule has 0 fully saturated rings. The van der Waals surface area contributed by atoms with Gasteiger partial charge in [0.15, 0.2) is 0 Å². The van der Waals surface area contributed by atoms with Crippen molar-refractivity contribution in [2.75, 3.05) is 39.2 Å². The first-order chi connectivity index (χ1) is 7.67. The number of likely N-dealkylation sites (N-methyl/N-ethyl adjacent to an activating group) is 1. The maximum Gasteiger partial charge on any atom is 0.0242 e. The molecule has 2 nitrogen and oxygen atoms in total. The third kappa shape index (κ3) is 6.77. The monoisotopic (exact) mass is 246 g/mol. The molecule has 0 saturated heterocycles. The van der Waals surface area contributed by atoms with Crippen LogP contribution in [-0.4, -0.2) is 50.1 Å². The Labute approximate surface area is 107 Å². The van der Waals surface area contributed by atoms with Gasteiger partial charge < -0.3 is 10.2 Å². The van der Waals surface area contributed by atoms with Crippen LogP contribution in [0, 0.1) is 5.92 Å². The highest BCUT2D eigenvalue weighted by atomic mass is 32.2. The molecule has 0 aliphatic rings. The van der Waals surface area contributed by atoms with Crippen molar-refractivity contribution in [1.82, 2.24) is 10.2 Å². The zero-order valence-electron chi connectivity index (χ0n) is 11.8. The van der Waals surface area contributed by atoms with E-state index in [1.54, 1.807) is 0 Å². The first kappa shape index (κ1) is 16.3. The summed E-state index contributed by atoms with van der Waals surface area (Å²) in [5.74, 6) is 2.09. The van der Waals surface area contributed by atoms with Crippen molar-refractivity contribution in [3.8, 4) is 0 Å². The van der Waals surface area contributed by atoms with Crippen LogP contribution in [0.4, 0.5) is 0 Å². The molecule has 3 heteroatoms. The van der Waals surface area contributed by atoms with Crippen LogP contribution in [0.15, 0.2) is 0 Å². The van der Waals surface area contributed by atoms with Crippen molar-refractivity contribution in [3.63, 3.8) is 0 Å². The molecule has 0 aromatic carbocycles. The molecule has 0 aliphatic carbocycles. The summed E-state index contributed by atoms with van der Waals surface area (Å²) in [7, 11) is 4.40. The highest BCUT2D eigenvalue weighted by Gasteiger charge is 2.19. The Balaban J connectivity index is 3.85. The first-order valence-corrected chi connectivity index (χ1v) is 7.92. The van der Waals surface area contributed by atoms with Gasteiger partial charge in [0.2, 0.25) is 0 Å². The minimum absolute atomic E-state index is 0.685. The van der Waals surface area contributed by atoms with Crippen LogP contribution in [0.3, 0.4) is 0 Å². The maximum atomic E-state index is 3.60. The zero-order chi connectivity index (χ0) is 12.4. The molecule has 0 rings (SSSR count). The van der Waals surface area contributed by atoms with Gasteiger partial charge in [0.25, 0.3) is 0 Å². The molecule has 0 radical (unpaired) electrons. The summed E-state index contributed by atoms with van der Waals surface area (Å²) in [6.07, 6.45) is 6.02. The van der Waals surface area contributed by atoms with E-state index < -0.39 is 0 Å². The van der Waals surface area contributed by atoms with Crippen LogP contribution < -0.4 is 5.32 Å². The summed E-state index contributed by atoms with van der Waals surface area (Å²) in [6, 6.07) is 0.685. The lowest BCUT2D eigenvalue weighted by Gasteiger charge is -2.31. The number of nitrogens with one attached hydrogen (secondary N) is 1. The van der Waals surface area contributed by atoms with Crippen molar-refractivity contribution in [2.24, 2.45) is 5.92 Å². The predicted octanol–water partition coefficient (Wildman–Crippen LogP) is 2.70. The summed E-state index contributed by atoms with van der Waals surface area (Å²) >= 11 is 1.93.